The van der Waals surface area contributed by atoms with Gasteiger partial charge in [-0.3, -0.25) is 0 Å². The zero-order valence-corrected chi connectivity index (χ0v) is 13.9. The maximum Gasteiger partial charge on any atom is 0.148 e. The molecule has 0 aliphatic heterocycles. The van der Waals surface area contributed by atoms with Crippen molar-refractivity contribution in [1.29, 1.82) is 0 Å². The van der Waals surface area contributed by atoms with Gasteiger partial charge in [0.2, 0.25) is 0 Å². The van der Waals surface area contributed by atoms with Crippen molar-refractivity contribution in [3.63, 3.8) is 0 Å². The Bertz CT molecular complexity index is 558. The fourth-order valence-corrected chi connectivity index (χ4v) is 3.60. The quantitative estimate of drug-likeness (QED) is 0.760. The molecule has 5 heteroatoms. The highest BCUT2D eigenvalue weighted by Crippen LogP contribution is 2.35. The first-order chi connectivity index (χ1) is 9.65. The summed E-state index contributed by atoms with van der Waals surface area (Å²) in [5.41, 5.74) is 6.23. The first kappa shape index (κ1) is 15.7. The van der Waals surface area contributed by atoms with Crippen LogP contribution in [-0.4, -0.2) is 12.3 Å². The molecule has 0 amide bonds. The molecule has 2 atom stereocenters. The molecule has 1 aromatic carbocycles. The van der Waals surface area contributed by atoms with E-state index in [9.17, 15) is 0 Å². The third-order valence-corrected chi connectivity index (χ3v) is 5.13. The molecule has 2 N–H and O–H groups in total. The van der Waals surface area contributed by atoms with Crippen molar-refractivity contribution in [2.75, 3.05) is 6.26 Å². The van der Waals surface area contributed by atoms with E-state index in [-0.39, 0.29) is 12.1 Å². The molecule has 0 saturated heterocycles. The number of thioether (sulfide) groups is 1. The predicted octanol–water partition coefficient (Wildman–Crippen LogP) is 4.98. The summed E-state index contributed by atoms with van der Waals surface area (Å²) in [5.74, 6) is 0.874. The molecule has 2 aromatic rings. The van der Waals surface area contributed by atoms with E-state index in [2.05, 4.69) is 13.0 Å². The maximum atomic E-state index is 6.23. The van der Waals surface area contributed by atoms with Crippen LogP contribution in [0, 0.1) is 0 Å². The van der Waals surface area contributed by atoms with Gasteiger partial charge in [-0.2, -0.15) is 0 Å². The van der Waals surface area contributed by atoms with Crippen molar-refractivity contribution in [2.45, 2.75) is 30.4 Å². The van der Waals surface area contributed by atoms with Crippen molar-refractivity contribution in [3.8, 4) is 5.75 Å². The molecule has 108 valence electrons. The minimum atomic E-state index is -0.161. The van der Waals surface area contributed by atoms with Gasteiger partial charge in [-0.25, -0.2) is 0 Å². The summed E-state index contributed by atoms with van der Waals surface area (Å²) in [4.78, 5) is 2.18. The lowest BCUT2D eigenvalue weighted by Crippen LogP contribution is -2.31. The Morgan fingerprint density at radius 1 is 1.30 bits per heavy atom. The normalized spacial score (nSPS) is 14.0. The lowest BCUT2D eigenvalue weighted by Gasteiger charge is -2.24. The molecule has 2 unspecified atom stereocenters. The number of ether oxygens (including phenoxy) is 1. The predicted molar refractivity (Wildman–Crippen MR) is 89.2 cm³/mol. The largest absolute Gasteiger partial charge is 0.482 e. The Labute approximate surface area is 133 Å². The van der Waals surface area contributed by atoms with E-state index >= 15 is 0 Å². The minimum absolute atomic E-state index is 0.0559. The van der Waals surface area contributed by atoms with Crippen LogP contribution < -0.4 is 10.5 Å². The van der Waals surface area contributed by atoms with Crippen LogP contribution in [-0.2, 0) is 0 Å². The molecular formula is C15H18ClNOS2. The van der Waals surface area contributed by atoms with Crippen LogP contribution in [0.1, 0.15) is 24.3 Å². The molecule has 2 rings (SSSR count). The van der Waals surface area contributed by atoms with E-state index in [0.717, 1.165) is 26.3 Å². The van der Waals surface area contributed by atoms with Crippen LogP contribution >= 0.6 is 34.7 Å². The van der Waals surface area contributed by atoms with Gasteiger partial charge in [0.1, 0.15) is 11.9 Å². The van der Waals surface area contributed by atoms with E-state index in [1.54, 1.807) is 11.8 Å². The lowest BCUT2D eigenvalue weighted by molar-refractivity contribution is 0.170. The van der Waals surface area contributed by atoms with Crippen LogP contribution in [0.4, 0.5) is 0 Å². The number of benzene rings is 1. The molecule has 0 fully saturated rings. The fraction of sp³-hybridized carbons (Fsp3) is 0.333. The number of hydrogen-bond donors (Lipinski definition) is 1. The summed E-state index contributed by atoms with van der Waals surface area (Å²) >= 11 is 9.23. The number of halogens is 1. The molecule has 0 spiro atoms. The van der Waals surface area contributed by atoms with Gasteiger partial charge in [-0.05, 0) is 36.9 Å². The van der Waals surface area contributed by atoms with E-state index in [1.165, 1.54) is 11.3 Å². The Kier molecular flexibility index (Phi) is 5.78. The van der Waals surface area contributed by atoms with Crippen molar-refractivity contribution in [1.82, 2.24) is 0 Å². The summed E-state index contributed by atoms with van der Waals surface area (Å²) in [6.45, 7) is 2.07. The van der Waals surface area contributed by atoms with Crippen LogP contribution in [0.15, 0.2) is 41.3 Å². The van der Waals surface area contributed by atoms with Crippen LogP contribution in [0.3, 0.4) is 0 Å². The molecule has 2 nitrogen and oxygen atoms in total. The lowest BCUT2D eigenvalue weighted by atomic mass is 10.1. The van der Waals surface area contributed by atoms with E-state index < -0.39 is 0 Å². The molecule has 20 heavy (non-hydrogen) atoms. The van der Waals surface area contributed by atoms with E-state index in [4.69, 9.17) is 22.1 Å². The van der Waals surface area contributed by atoms with Gasteiger partial charge in [0.25, 0.3) is 0 Å². The summed E-state index contributed by atoms with van der Waals surface area (Å²) in [5, 5.41) is 0. The molecule has 0 aliphatic rings. The average Bonchev–Trinajstić information content (AvgIpc) is 2.90. The Morgan fingerprint density at radius 2 is 2.05 bits per heavy atom. The molecule has 1 aromatic heterocycles. The minimum Gasteiger partial charge on any atom is -0.482 e. The van der Waals surface area contributed by atoms with Gasteiger partial charge >= 0.3 is 0 Å². The topological polar surface area (TPSA) is 35.2 Å². The second-order valence-corrected chi connectivity index (χ2v) is 7.00. The number of rotatable bonds is 6. The van der Waals surface area contributed by atoms with Gasteiger partial charge in [0.05, 0.1) is 4.34 Å². The highest BCUT2D eigenvalue weighted by Gasteiger charge is 2.23. The van der Waals surface area contributed by atoms with E-state index in [0.29, 0.717) is 0 Å². The number of para-hydroxylation sites is 1. The molecule has 1 heterocycles. The first-order valence-electron chi connectivity index (χ1n) is 6.46. The number of thiophene rings is 1. The van der Waals surface area contributed by atoms with Crippen molar-refractivity contribution >= 4 is 34.7 Å². The molecular weight excluding hydrogens is 310 g/mol. The fourth-order valence-electron chi connectivity index (χ4n) is 1.90. The average molecular weight is 328 g/mol. The molecule has 0 radical (unpaired) electrons. The third kappa shape index (κ3) is 3.70. The van der Waals surface area contributed by atoms with Crippen molar-refractivity contribution in [2.24, 2.45) is 5.73 Å². The summed E-state index contributed by atoms with van der Waals surface area (Å²) < 4.78 is 6.95. The molecule has 0 saturated carbocycles. The van der Waals surface area contributed by atoms with Crippen molar-refractivity contribution < 1.29 is 4.74 Å². The first-order valence-corrected chi connectivity index (χ1v) is 8.88. The van der Waals surface area contributed by atoms with Gasteiger partial charge in [-0.1, -0.05) is 30.7 Å². The highest BCUT2D eigenvalue weighted by molar-refractivity contribution is 7.98. The van der Waals surface area contributed by atoms with Crippen LogP contribution in [0.2, 0.25) is 4.34 Å². The number of nitrogens with two attached hydrogens (primary N) is 1. The second-order valence-electron chi connectivity index (χ2n) is 4.40. The zero-order valence-electron chi connectivity index (χ0n) is 11.5. The van der Waals surface area contributed by atoms with Crippen LogP contribution in [0.25, 0.3) is 0 Å². The summed E-state index contributed by atoms with van der Waals surface area (Å²) in [6.07, 6.45) is 2.73. The summed E-state index contributed by atoms with van der Waals surface area (Å²) in [6, 6.07) is 11.8. The number of hydrogen-bond acceptors (Lipinski definition) is 4. The van der Waals surface area contributed by atoms with Crippen LogP contribution in [0.5, 0.6) is 5.75 Å². The zero-order chi connectivity index (χ0) is 14.5. The molecule has 0 bridgehead atoms. The van der Waals surface area contributed by atoms with Gasteiger partial charge in [0, 0.05) is 15.8 Å². The van der Waals surface area contributed by atoms with Gasteiger partial charge in [0.15, 0.2) is 0 Å². The third-order valence-electron chi connectivity index (χ3n) is 3.06. The SMILES string of the molecule is CCC(N)C(Oc1ccccc1SC)c1ccc(Cl)s1. The Morgan fingerprint density at radius 3 is 2.65 bits per heavy atom. The standard InChI is InChI=1S/C15H18ClNOS2/c1-3-10(17)15(13-8-9-14(16)20-13)18-11-6-4-5-7-12(11)19-2/h4-10,15H,3,17H2,1-2H3. The molecule has 0 aliphatic carbocycles. The Hall–Kier alpha value is -0.680. The highest BCUT2D eigenvalue weighted by atomic mass is 35.5. The van der Waals surface area contributed by atoms with Gasteiger partial charge < -0.3 is 10.5 Å². The van der Waals surface area contributed by atoms with Gasteiger partial charge in [-0.15, -0.1) is 23.1 Å². The van der Waals surface area contributed by atoms with E-state index in [1.807, 2.05) is 36.6 Å². The smallest absolute Gasteiger partial charge is 0.148 e. The second kappa shape index (κ2) is 7.36. The maximum absolute atomic E-state index is 6.23. The Balaban J connectivity index is 2.28. The summed E-state index contributed by atoms with van der Waals surface area (Å²) in [7, 11) is 0. The van der Waals surface area contributed by atoms with Crippen molar-refractivity contribution in [3.05, 3.63) is 45.6 Å². The monoisotopic (exact) mass is 327 g/mol.